The summed E-state index contributed by atoms with van der Waals surface area (Å²) in [6.45, 7) is 10.4. The lowest BCUT2D eigenvalue weighted by molar-refractivity contribution is -0.258. The van der Waals surface area contributed by atoms with Gasteiger partial charge in [0.05, 0.1) is 17.8 Å². The molecule has 0 radical (unpaired) electrons. The minimum atomic E-state index is -2.78. The van der Waals surface area contributed by atoms with Crippen molar-refractivity contribution in [3.63, 3.8) is 0 Å². The summed E-state index contributed by atoms with van der Waals surface area (Å²) in [6.07, 6.45) is 5.63. The lowest BCUT2D eigenvalue weighted by atomic mass is 9.43. The van der Waals surface area contributed by atoms with Crippen LogP contribution in [-0.4, -0.2) is 39.1 Å². The van der Waals surface area contributed by atoms with Crippen LogP contribution in [0.25, 0.3) is 0 Å². The maximum Gasteiger partial charge on any atom is 0.251 e. The second kappa shape index (κ2) is 8.16. The average Bonchev–Trinajstić information content (AvgIpc) is 3.03. The Labute approximate surface area is 193 Å². The summed E-state index contributed by atoms with van der Waals surface area (Å²) in [5.41, 5.74) is -0.994. The Balaban J connectivity index is 1.55. The molecule has 0 spiro atoms. The van der Waals surface area contributed by atoms with Crippen molar-refractivity contribution in [1.29, 1.82) is 0 Å². The van der Waals surface area contributed by atoms with E-state index in [1.807, 2.05) is 13.8 Å². The Morgan fingerprint density at radius 1 is 0.938 bits per heavy atom. The molecule has 3 nitrogen and oxygen atoms in total. The van der Waals surface area contributed by atoms with Gasteiger partial charge in [0, 0.05) is 12.3 Å². The van der Waals surface area contributed by atoms with E-state index in [2.05, 4.69) is 20.8 Å². The van der Waals surface area contributed by atoms with Crippen molar-refractivity contribution < 1.29 is 24.1 Å². The van der Waals surface area contributed by atoms with Gasteiger partial charge < -0.3 is 15.3 Å². The van der Waals surface area contributed by atoms with Gasteiger partial charge in [-0.1, -0.05) is 33.6 Å². The van der Waals surface area contributed by atoms with E-state index >= 15 is 8.78 Å². The largest absolute Gasteiger partial charge is 0.390 e. The molecule has 4 fully saturated rings. The molecule has 0 heterocycles. The van der Waals surface area contributed by atoms with Crippen molar-refractivity contribution in [2.45, 2.75) is 123 Å². The zero-order chi connectivity index (χ0) is 23.7. The van der Waals surface area contributed by atoms with E-state index < -0.39 is 35.6 Å². The smallest absolute Gasteiger partial charge is 0.251 e. The van der Waals surface area contributed by atoms with E-state index in [0.29, 0.717) is 18.3 Å². The van der Waals surface area contributed by atoms with Crippen molar-refractivity contribution in [2.24, 2.45) is 46.3 Å². The Bertz CT molecular complexity index is 691. The summed E-state index contributed by atoms with van der Waals surface area (Å²) >= 11 is 0. The number of aliphatic hydroxyl groups excluding tert-OH is 2. The van der Waals surface area contributed by atoms with Crippen LogP contribution in [0.2, 0.25) is 0 Å². The summed E-state index contributed by atoms with van der Waals surface area (Å²) in [4.78, 5) is 0. The summed E-state index contributed by atoms with van der Waals surface area (Å²) < 4.78 is 31.7. The normalized spacial score (nSPS) is 49.1. The predicted molar refractivity (Wildman–Crippen MR) is 122 cm³/mol. The number of rotatable bonds is 5. The Morgan fingerprint density at radius 3 is 2.22 bits per heavy atom. The second-order valence-electron chi connectivity index (χ2n) is 13.3. The molecule has 1 unspecified atom stereocenters. The molecule has 0 aliphatic heterocycles. The Hall–Kier alpha value is -0.260. The van der Waals surface area contributed by atoms with Gasteiger partial charge in [-0.2, -0.15) is 0 Å². The zero-order valence-electron chi connectivity index (χ0n) is 20.8. The molecule has 0 saturated heterocycles. The topological polar surface area (TPSA) is 60.7 Å². The van der Waals surface area contributed by atoms with E-state index in [4.69, 9.17) is 0 Å². The number of aliphatic hydroxyl groups is 3. The number of hydrogen-bond donors (Lipinski definition) is 3. The Kier molecular flexibility index (Phi) is 6.33. The highest BCUT2D eigenvalue weighted by Gasteiger charge is 2.69. The van der Waals surface area contributed by atoms with Gasteiger partial charge in [-0.3, -0.25) is 0 Å². The van der Waals surface area contributed by atoms with Crippen LogP contribution in [-0.2, 0) is 0 Å². The van der Waals surface area contributed by atoms with Crippen LogP contribution in [0.1, 0.15) is 98.8 Å². The van der Waals surface area contributed by atoms with E-state index in [1.165, 1.54) is 0 Å². The molecule has 32 heavy (non-hydrogen) atoms. The molecule has 4 aliphatic carbocycles. The first kappa shape index (κ1) is 24.9. The van der Waals surface area contributed by atoms with Crippen molar-refractivity contribution in [1.82, 2.24) is 0 Å². The second-order valence-corrected chi connectivity index (χ2v) is 13.3. The van der Waals surface area contributed by atoms with Gasteiger partial charge in [-0.25, -0.2) is 8.78 Å². The van der Waals surface area contributed by atoms with Gasteiger partial charge in [-0.05, 0) is 99.2 Å². The standard InChI is InChI=1S/C27H46F2O3/c1-16(7-6-12-24(2,3)32)17-8-9-18-22-19(10-13-25(17,18)4)26(5)14-11-21(30)23(31)20(26)15-27(22,28)29/h16-23,30-32H,6-15H2,1-5H3/t16?,17-,18+,19+,20+,21+,22+,23-,25-,26-/m1/s1. The fourth-order valence-corrected chi connectivity index (χ4v) is 9.22. The van der Waals surface area contributed by atoms with Gasteiger partial charge in [0.2, 0.25) is 0 Å². The molecule has 0 bridgehead atoms. The number of fused-ring (bicyclic) bond motifs is 5. The van der Waals surface area contributed by atoms with Crippen LogP contribution in [0.15, 0.2) is 0 Å². The van der Waals surface area contributed by atoms with Crippen molar-refractivity contribution in [3.05, 3.63) is 0 Å². The lowest BCUT2D eigenvalue weighted by Gasteiger charge is -2.63. The molecular formula is C27H46F2O3. The Morgan fingerprint density at radius 2 is 1.56 bits per heavy atom. The van der Waals surface area contributed by atoms with Crippen molar-refractivity contribution in [2.75, 3.05) is 0 Å². The summed E-state index contributed by atoms with van der Waals surface area (Å²) in [5.74, 6) is -2.96. The minimum absolute atomic E-state index is 0.0414. The van der Waals surface area contributed by atoms with E-state index in [1.54, 1.807) is 0 Å². The van der Waals surface area contributed by atoms with Crippen LogP contribution in [0, 0.1) is 46.3 Å². The molecule has 10 atom stereocenters. The first-order valence-electron chi connectivity index (χ1n) is 13.2. The molecular weight excluding hydrogens is 410 g/mol. The fraction of sp³-hybridized carbons (Fsp3) is 1.00. The minimum Gasteiger partial charge on any atom is -0.390 e. The molecule has 4 aliphatic rings. The highest BCUT2D eigenvalue weighted by molar-refractivity contribution is 5.15. The number of hydrogen-bond acceptors (Lipinski definition) is 3. The van der Waals surface area contributed by atoms with E-state index in [-0.39, 0.29) is 29.1 Å². The molecule has 3 N–H and O–H groups in total. The third kappa shape index (κ3) is 3.96. The van der Waals surface area contributed by atoms with Crippen LogP contribution in [0.3, 0.4) is 0 Å². The molecule has 4 saturated carbocycles. The third-order valence-corrected chi connectivity index (χ3v) is 10.9. The first-order valence-corrected chi connectivity index (χ1v) is 13.2. The molecule has 186 valence electrons. The third-order valence-electron chi connectivity index (χ3n) is 10.9. The van der Waals surface area contributed by atoms with E-state index in [0.717, 1.165) is 51.4 Å². The van der Waals surface area contributed by atoms with Crippen molar-refractivity contribution >= 4 is 0 Å². The molecule has 0 amide bonds. The monoisotopic (exact) mass is 456 g/mol. The summed E-state index contributed by atoms with van der Waals surface area (Å²) in [7, 11) is 0. The highest BCUT2D eigenvalue weighted by atomic mass is 19.3. The van der Waals surface area contributed by atoms with Gasteiger partial charge in [0.25, 0.3) is 5.92 Å². The molecule has 0 aromatic carbocycles. The van der Waals surface area contributed by atoms with Gasteiger partial charge in [-0.15, -0.1) is 0 Å². The maximum atomic E-state index is 15.8. The van der Waals surface area contributed by atoms with Crippen LogP contribution < -0.4 is 0 Å². The summed E-state index contributed by atoms with van der Waals surface area (Å²) in [5, 5.41) is 30.9. The average molecular weight is 457 g/mol. The lowest BCUT2D eigenvalue weighted by Crippen LogP contribution is -2.64. The van der Waals surface area contributed by atoms with Gasteiger partial charge in [0.1, 0.15) is 0 Å². The van der Waals surface area contributed by atoms with Crippen molar-refractivity contribution in [3.8, 4) is 0 Å². The predicted octanol–water partition coefficient (Wildman–Crippen LogP) is 5.80. The van der Waals surface area contributed by atoms with Crippen LogP contribution in [0.4, 0.5) is 8.78 Å². The number of alkyl halides is 2. The summed E-state index contributed by atoms with van der Waals surface area (Å²) in [6, 6.07) is 0. The molecule has 4 rings (SSSR count). The van der Waals surface area contributed by atoms with Gasteiger partial charge >= 0.3 is 0 Å². The molecule has 0 aromatic heterocycles. The molecule has 0 aromatic rings. The van der Waals surface area contributed by atoms with Crippen LogP contribution in [0.5, 0.6) is 0 Å². The zero-order valence-corrected chi connectivity index (χ0v) is 20.8. The first-order chi connectivity index (χ1) is 14.7. The maximum absolute atomic E-state index is 15.8. The quantitative estimate of drug-likeness (QED) is 0.490. The van der Waals surface area contributed by atoms with Crippen LogP contribution >= 0.6 is 0 Å². The highest BCUT2D eigenvalue weighted by Crippen LogP contribution is 2.71. The van der Waals surface area contributed by atoms with E-state index in [9.17, 15) is 15.3 Å². The fourth-order valence-electron chi connectivity index (χ4n) is 9.22. The number of halogens is 2. The van der Waals surface area contributed by atoms with Gasteiger partial charge in [0.15, 0.2) is 0 Å². The SMILES string of the molecule is CC(CCCC(C)(C)O)[C@H]1CC[C@H]2[C@H]3[C@H](CC[C@]12C)[C@@]1(C)CC[C@H](O)[C@H](O)[C@@H]1CC3(F)F. The molecule has 5 heteroatoms.